The first-order valence-corrected chi connectivity index (χ1v) is 5.57. The fraction of sp³-hybridized carbons (Fsp3) is 0.583. The van der Waals surface area contributed by atoms with Crippen LogP contribution in [0.1, 0.15) is 42.7 Å². The quantitative estimate of drug-likeness (QED) is 0.717. The lowest BCUT2D eigenvalue weighted by molar-refractivity contribution is 0.0375. The summed E-state index contributed by atoms with van der Waals surface area (Å²) in [7, 11) is 0. The third-order valence-corrected chi connectivity index (χ3v) is 2.90. The van der Waals surface area contributed by atoms with Gasteiger partial charge in [-0.15, -0.1) is 0 Å². The van der Waals surface area contributed by atoms with Crippen LogP contribution in [0.4, 0.5) is 0 Å². The van der Waals surface area contributed by atoms with Crippen molar-refractivity contribution < 1.29 is 13.9 Å². The highest BCUT2D eigenvalue weighted by Crippen LogP contribution is 2.23. The molecule has 0 saturated heterocycles. The number of carbonyl (C=O) groups is 1. The number of carbonyl (C=O) groups excluding carboxylic acids is 1. The van der Waals surface area contributed by atoms with Crippen LogP contribution >= 0.6 is 0 Å². The lowest BCUT2D eigenvalue weighted by atomic mass is 9.90. The molecule has 3 heteroatoms. The first-order valence-electron chi connectivity index (χ1n) is 5.57. The fourth-order valence-electron chi connectivity index (χ4n) is 2.01. The van der Waals surface area contributed by atoms with Crippen molar-refractivity contribution in [2.24, 2.45) is 5.92 Å². The molecule has 0 atom stereocenters. The second-order valence-corrected chi connectivity index (χ2v) is 4.08. The van der Waals surface area contributed by atoms with Crippen LogP contribution in [0.5, 0.6) is 0 Å². The van der Waals surface area contributed by atoms with Gasteiger partial charge in [0.1, 0.15) is 0 Å². The van der Waals surface area contributed by atoms with Crippen LogP contribution < -0.4 is 0 Å². The molecule has 1 aromatic rings. The highest BCUT2D eigenvalue weighted by molar-refractivity contribution is 5.86. The Bertz CT molecular complexity index is 297. The Hall–Kier alpha value is -1.25. The van der Waals surface area contributed by atoms with Crippen molar-refractivity contribution >= 4 is 5.97 Å². The van der Waals surface area contributed by atoms with Gasteiger partial charge in [0.2, 0.25) is 5.76 Å². The van der Waals surface area contributed by atoms with Gasteiger partial charge in [-0.2, -0.15) is 0 Å². The van der Waals surface area contributed by atoms with Crippen molar-refractivity contribution in [1.82, 2.24) is 0 Å². The minimum atomic E-state index is -0.342. The molecule has 15 heavy (non-hydrogen) atoms. The summed E-state index contributed by atoms with van der Waals surface area (Å²) < 4.78 is 10.2. The normalized spacial score (nSPS) is 17.6. The van der Waals surface area contributed by atoms with Gasteiger partial charge in [0, 0.05) is 0 Å². The van der Waals surface area contributed by atoms with Crippen LogP contribution in [0.15, 0.2) is 22.8 Å². The molecular formula is C12H16O3. The van der Waals surface area contributed by atoms with E-state index in [0.29, 0.717) is 18.3 Å². The molecule has 1 aromatic heterocycles. The van der Waals surface area contributed by atoms with Crippen LogP contribution in [-0.4, -0.2) is 12.6 Å². The zero-order chi connectivity index (χ0) is 10.5. The summed E-state index contributed by atoms with van der Waals surface area (Å²) in [5.41, 5.74) is 0. The van der Waals surface area contributed by atoms with E-state index in [-0.39, 0.29) is 5.97 Å². The van der Waals surface area contributed by atoms with Crippen molar-refractivity contribution in [3.05, 3.63) is 24.2 Å². The number of ether oxygens (including phenoxy) is 1. The molecule has 1 saturated carbocycles. The zero-order valence-electron chi connectivity index (χ0n) is 8.78. The molecule has 1 aliphatic carbocycles. The van der Waals surface area contributed by atoms with Crippen molar-refractivity contribution in [3.8, 4) is 0 Å². The predicted octanol–water partition coefficient (Wildman–Crippen LogP) is 3.02. The first-order chi connectivity index (χ1) is 7.36. The van der Waals surface area contributed by atoms with Crippen LogP contribution in [-0.2, 0) is 4.74 Å². The average Bonchev–Trinajstić information content (AvgIpc) is 2.81. The highest BCUT2D eigenvalue weighted by atomic mass is 16.5. The third-order valence-electron chi connectivity index (χ3n) is 2.90. The molecule has 0 unspecified atom stereocenters. The molecule has 0 bridgehead atoms. The number of rotatable bonds is 3. The summed E-state index contributed by atoms with van der Waals surface area (Å²) in [6.45, 7) is 0.541. The van der Waals surface area contributed by atoms with E-state index >= 15 is 0 Å². The molecule has 0 amide bonds. The molecule has 1 heterocycles. The van der Waals surface area contributed by atoms with Crippen molar-refractivity contribution in [3.63, 3.8) is 0 Å². The summed E-state index contributed by atoms with van der Waals surface area (Å²) in [4.78, 5) is 11.4. The van der Waals surface area contributed by atoms with Crippen molar-refractivity contribution in [1.29, 1.82) is 0 Å². The smallest absolute Gasteiger partial charge is 0.374 e. The Kier molecular flexibility index (Phi) is 3.43. The molecule has 0 aromatic carbocycles. The van der Waals surface area contributed by atoms with Gasteiger partial charge in [-0.05, 0) is 30.9 Å². The standard InChI is InChI=1S/C12H16O3/c13-12(11-7-4-8-14-11)15-9-10-5-2-1-3-6-10/h4,7-8,10H,1-3,5-6,9H2. The minimum absolute atomic E-state index is 0.297. The molecule has 0 radical (unpaired) electrons. The number of hydrogen-bond acceptors (Lipinski definition) is 3. The molecule has 82 valence electrons. The maximum Gasteiger partial charge on any atom is 0.374 e. The summed E-state index contributed by atoms with van der Waals surface area (Å²) in [6, 6.07) is 3.32. The number of furan rings is 1. The van der Waals surface area contributed by atoms with E-state index in [9.17, 15) is 4.79 Å². The lowest BCUT2D eigenvalue weighted by Crippen LogP contribution is -2.16. The van der Waals surface area contributed by atoms with Gasteiger partial charge in [0.15, 0.2) is 0 Å². The highest BCUT2D eigenvalue weighted by Gasteiger charge is 2.17. The fourth-order valence-corrected chi connectivity index (χ4v) is 2.01. The Balaban J connectivity index is 1.75. The van der Waals surface area contributed by atoms with E-state index in [0.717, 1.165) is 0 Å². The summed E-state index contributed by atoms with van der Waals surface area (Å²) in [5.74, 6) is 0.508. The van der Waals surface area contributed by atoms with Crippen LogP contribution in [0.3, 0.4) is 0 Å². The van der Waals surface area contributed by atoms with Gasteiger partial charge < -0.3 is 9.15 Å². The van der Waals surface area contributed by atoms with Gasteiger partial charge >= 0.3 is 5.97 Å². The van der Waals surface area contributed by atoms with Gasteiger partial charge in [-0.25, -0.2) is 4.79 Å². The topological polar surface area (TPSA) is 39.4 Å². The van der Waals surface area contributed by atoms with Crippen LogP contribution in [0.2, 0.25) is 0 Å². The second-order valence-electron chi connectivity index (χ2n) is 4.08. The first kappa shape index (κ1) is 10.3. The maximum atomic E-state index is 11.4. The van der Waals surface area contributed by atoms with E-state index in [1.165, 1.54) is 38.4 Å². The number of hydrogen-bond donors (Lipinski definition) is 0. The van der Waals surface area contributed by atoms with Crippen molar-refractivity contribution in [2.45, 2.75) is 32.1 Å². The average molecular weight is 208 g/mol. The number of esters is 1. The van der Waals surface area contributed by atoms with E-state index in [4.69, 9.17) is 9.15 Å². The molecular weight excluding hydrogens is 192 g/mol. The summed E-state index contributed by atoms with van der Waals surface area (Å²) >= 11 is 0. The Morgan fingerprint density at radius 3 is 2.87 bits per heavy atom. The van der Waals surface area contributed by atoms with Gasteiger partial charge in [0.05, 0.1) is 12.9 Å². The van der Waals surface area contributed by atoms with Crippen molar-refractivity contribution in [2.75, 3.05) is 6.61 Å². The van der Waals surface area contributed by atoms with Gasteiger partial charge in [0.25, 0.3) is 0 Å². The van der Waals surface area contributed by atoms with E-state index in [1.807, 2.05) is 0 Å². The predicted molar refractivity (Wildman–Crippen MR) is 55.6 cm³/mol. The Labute approximate surface area is 89.4 Å². The summed E-state index contributed by atoms with van der Waals surface area (Å²) in [5, 5.41) is 0. The second kappa shape index (κ2) is 5.01. The largest absolute Gasteiger partial charge is 0.460 e. The van der Waals surface area contributed by atoms with Crippen LogP contribution in [0.25, 0.3) is 0 Å². The maximum absolute atomic E-state index is 11.4. The Morgan fingerprint density at radius 1 is 1.40 bits per heavy atom. The molecule has 3 nitrogen and oxygen atoms in total. The minimum Gasteiger partial charge on any atom is -0.460 e. The lowest BCUT2D eigenvalue weighted by Gasteiger charge is -2.20. The van der Waals surface area contributed by atoms with Gasteiger partial charge in [-0.3, -0.25) is 0 Å². The molecule has 2 rings (SSSR count). The molecule has 0 aliphatic heterocycles. The van der Waals surface area contributed by atoms with Crippen LogP contribution in [0, 0.1) is 5.92 Å². The Morgan fingerprint density at radius 2 is 2.20 bits per heavy atom. The monoisotopic (exact) mass is 208 g/mol. The van der Waals surface area contributed by atoms with E-state index in [1.54, 1.807) is 12.1 Å². The molecule has 1 aliphatic rings. The molecule has 1 fully saturated rings. The molecule has 0 spiro atoms. The third kappa shape index (κ3) is 2.85. The zero-order valence-corrected chi connectivity index (χ0v) is 8.78. The summed E-state index contributed by atoms with van der Waals surface area (Å²) in [6.07, 6.45) is 7.71. The SMILES string of the molecule is O=C(OCC1CCCCC1)c1ccco1. The van der Waals surface area contributed by atoms with E-state index in [2.05, 4.69) is 0 Å². The van der Waals surface area contributed by atoms with E-state index < -0.39 is 0 Å². The van der Waals surface area contributed by atoms with Gasteiger partial charge in [-0.1, -0.05) is 19.3 Å². The molecule has 0 N–H and O–H groups in total.